The van der Waals surface area contributed by atoms with Gasteiger partial charge in [0.15, 0.2) is 0 Å². The van der Waals surface area contributed by atoms with Crippen LogP contribution in [0.4, 0.5) is 0 Å². The number of β-lactam (4-membered cyclic amide) rings is 1. The van der Waals surface area contributed by atoms with E-state index in [0.717, 1.165) is 0 Å². The van der Waals surface area contributed by atoms with Gasteiger partial charge in [0.25, 0.3) is 0 Å². The lowest BCUT2D eigenvalue weighted by molar-refractivity contribution is -0.576. The highest BCUT2D eigenvalue weighted by atomic mass is 32.2. The van der Waals surface area contributed by atoms with Gasteiger partial charge in [0, 0.05) is 12.3 Å². The standard InChI is InChI=1S/C15H17N3O5S/c1-15(7-17-11(19)10(16)13(17)24-8-15)14(20)23-12(18(21)22)9-5-3-2-4-6-9/h2-6,10,12-13H,7-8,16H2,1H3/t10?,12?,13-,15?/m1/s1. The summed E-state index contributed by atoms with van der Waals surface area (Å²) in [5.74, 6) is -0.500. The lowest BCUT2D eigenvalue weighted by Gasteiger charge is -2.52. The van der Waals surface area contributed by atoms with Crippen LogP contribution in [0.2, 0.25) is 0 Å². The van der Waals surface area contributed by atoms with Crippen molar-refractivity contribution in [3.05, 3.63) is 46.0 Å². The number of carbonyl (C=O) groups is 2. The van der Waals surface area contributed by atoms with Crippen LogP contribution in [0, 0.1) is 15.5 Å². The molecule has 2 aliphatic heterocycles. The lowest BCUT2D eigenvalue weighted by Crippen LogP contribution is -2.71. The molecule has 1 amide bonds. The molecule has 2 heterocycles. The highest BCUT2D eigenvalue weighted by molar-refractivity contribution is 8.00. The van der Waals surface area contributed by atoms with E-state index in [1.54, 1.807) is 25.1 Å². The molecule has 0 aliphatic carbocycles. The van der Waals surface area contributed by atoms with Crippen LogP contribution in [-0.2, 0) is 14.3 Å². The first-order chi connectivity index (χ1) is 11.3. The largest absolute Gasteiger partial charge is 0.394 e. The molecule has 2 aliphatic rings. The number of nitrogens with two attached hydrogens (primary N) is 1. The fourth-order valence-electron chi connectivity index (χ4n) is 2.82. The first kappa shape index (κ1) is 16.7. The highest BCUT2D eigenvalue weighted by Crippen LogP contribution is 2.42. The second-order valence-corrected chi connectivity index (χ2v) is 7.31. The lowest BCUT2D eigenvalue weighted by atomic mass is 9.89. The Balaban J connectivity index is 1.73. The van der Waals surface area contributed by atoms with Gasteiger partial charge in [-0.3, -0.25) is 19.7 Å². The number of nitrogens with zero attached hydrogens (tertiary/aromatic N) is 2. The summed E-state index contributed by atoms with van der Waals surface area (Å²) >= 11 is 1.40. The van der Waals surface area contributed by atoms with Crippen molar-refractivity contribution in [1.29, 1.82) is 0 Å². The van der Waals surface area contributed by atoms with Crippen LogP contribution >= 0.6 is 11.8 Å². The number of esters is 1. The van der Waals surface area contributed by atoms with Gasteiger partial charge >= 0.3 is 12.2 Å². The number of fused-ring (bicyclic) bond motifs is 1. The van der Waals surface area contributed by atoms with Gasteiger partial charge in [0.1, 0.15) is 11.4 Å². The molecule has 0 aromatic heterocycles. The molecule has 9 heteroatoms. The van der Waals surface area contributed by atoms with Crippen LogP contribution in [0.25, 0.3) is 0 Å². The number of carbonyl (C=O) groups excluding carboxylic acids is 2. The summed E-state index contributed by atoms with van der Waals surface area (Å²) in [7, 11) is 0. The Hall–Kier alpha value is -2.13. The molecule has 0 spiro atoms. The van der Waals surface area contributed by atoms with E-state index in [-0.39, 0.29) is 17.8 Å². The molecule has 8 nitrogen and oxygen atoms in total. The quantitative estimate of drug-likeness (QED) is 0.280. The normalized spacial score (nSPS) is 30.1. The predicted molar refractivity (Wildman–Crippen MR) is 86.3 cm³/mol. The number of benzene rings is 1. The van der Waals surface area contributed by atoms with Crippen molar-refractivity contribution in [2.24, 2.45) is 11.1 Å². The van der Waals surface area contributed by atoms with Crippen LogP contribution in [0.15, 0.2) is 30.3 Å². The minimum absolute atomic E-state index is 0.126. The van der Waals surface area contributed by atoms with Crippen molar-refractivity contribution in [3.63, 3.8) is 0 Å². The minimum Gasteiger partial charge on any atom is -0.394 e. The van der Waals surface area contributed by atoms with Gasteiger partial charge in [-0.1, -0.05) is 18.2 Å². The van der Waals surface area contributed by atoms with Crippen molar-refractivity contribution in [2.75, 3.05) is 12.3 Å². The van der Waals surface area contributed by atoms with Crippen molar-refractivity contribution < 1.29 is 19.2 Å². The van der Waals surface area contributed by atoms with E-state index in [2.05, 4.69) is 0 Å². The monoisotopic (exact) mass is 351 g/mol. The van der Waals surface area contributed by atoms with Crippen LogP contribution in [0.3, 0.4) is 0 Å². The Kier molecular flexibility index (Phi) is 4.22. The summed E-state index contributed by atoms with van der Waals surface area (Å²) in [6, 6.07) is 7.54. The summed E-state index contributed by atoms with van der Waals surface area (Å²) in [5, 5.41) is 11.2. The molecule has 2 saturated heterocycles. The van der Waals surface area contributed by atoms with Crippen molar-refractivity contribution in [2.45, 2.75) is 24.6 Å². The molecule has 0 radical (unpaired) electrons. The maximum Gasteiger partial charge on any atom is 0.382 e. The fraction of sp³-hybridized carbons (Fsp3) is 0.467. The summed E-state index contributed by atoms with van der Waals surface area (Å²) in [5.41, 5.74) is 5.01. The molecule has 1 aromatic rings. The summed E-state index contributed by atoms with van der Waals surface area (Å²) in [6.07, 6.45) is -1.56. The molecular weight excluding hydrogens is 334 g/mol. The number of hydrogen-bond donors (Lipinski definition) is 1. The Labute approximate surface area is 142 Å². The van der Waals surface area contributed by atoms with Gasteiger partial charge in [-0.05, 0) is 19.1 Å². The Morgan fingerprint density at radius 2 is 2.17 bits per heavy atom. The number of amides is 1. The molecule has 1 aromatic carbocycles. The molecule has 2 N–H and O–H groups in total. The highest BCUT2D eigenvalue weighted by Gasteiger charge is 2.55. The predicted octanol–water partition coefficient (Wildman–Crippen LogP) is 0.754. The number of ether oxygens (including phenoxy) is 1. The Morgan fingerprint density at radius 1 is 1.50 bits per heavy atom. The Bertz CT molecular complexity index is 685. The van der Waals surface area contributed by atoms with E-state index in [0.29, 0.717) is 11.3 Å². The van der Waals surface area contributed by atoms with Crippen molar-refractivity contribution >= 4 is 23.6 Å². The molecule has 128 valence electrons. The third-order valence-corrected chi connectivity index (χ3v) is 5.96. The van der Waals surface area contributed by atoms with Crippen LogP contribution in [-0.4, -0.2) is 45.4 Å². The molecule has 0 saturated carbocycles. The first-order valence-corrected chi connectivity index (χ1v) is 8.45. The van der Waals surface area contributed by atoms with Gasteiger partial charge < -0.3 is 15.4 Å². The molecule has 2 fully saturated rings. The SMILES string of the molecule is CC1(C(=O)OC(c2ccccc2)[N+](=O)[O-])CS[C@@H]2C(N)C(=O)N2C1. The van der Waals surface area contributed by atoms with Gasteiger partial charge in [-0.25, -0.2) is 0 Å². The summed E-state index contributed by atoms with van der Waals surface area (Å²) in [6.45, 7) is 1.81. The molecule has 4 atom stereocenters. The van der Waals surface area contributed by atoms with E-state index >= 15 is 0 Å². The van der Waals surface area contributed by atoms with E-state index < -0.39 is 28.6 Å². The van der Waals surface area contributed by atoms with E-state index in [4.69, 9.17) is 10.5 Å². The van der Waals surface area contributed by atoms with Crippen molar-refractivity contribution in [1.82, 2.24) is 4.90 Å². The first-order valence-electron chi connectivity index (χ1n) is 7.41. The third kappa shape index (κ3) is 2.73. The fourth-order valence-corrected chi connectivity index (χ4v) is 4.25. The van der Waals surface area contributed by atoms with E-state index in [1.165, 1.54) is 28.8 Å². The number of nitro groups is 1. The van der Waals surface area contributed by atoms with Gasteiger partial charge in [0.2, 0.25) is 5.91 Å². The third-order valence-electron chi connectivity index (χ3n) is 4.26. The van der Waals surface area contributed by atoms with Crippen LogP contribution in [0.1, 0.15) is 18.7 Å². The molecule has 3 unspecified atom stereocenters. The average molecular weight is 351 g/mol. The van der Waals surface area contributed by atoms with Gasteiger partial charge in [-0.15, -0.1) is 11.8 Å². The molecule has 3 rings (SSSR count). The molecular formula is C15H17N3O5S. The number of rotatable bonds is 4. The van der Waals surface area contributed by atoms with Gasteiger partial charge in [-0.2, -0.15) is 0 Å². The Morgan fingerprint density at radius 3 is 2.79 bits per heavy atom. The summed E-state index contributed by atoms with van der Waals surface area (Å²) < 4.78 is 5.19. The van der Waals surface area contributed by atoms with E-state index in [9.17, 15) is 19.7 Å². The second kappa shape index (κ2) is 6.06. The van der Waals surface area contributed by atoms with Crippen molar-refractivity contribution in [3.8, 4) is 0 Å². The molecule has 24 heavy (non-hydrogen) atoms. The maximum absolute atomic E-state index is 12.6. The zero-order valence-electron chi connectivity index (χ0n) is 13.0. The van der Waals surface area contributed by atoms with Crippen LogP contribution in [0.5, 0.6) is 0 Å². The molecule has 0 bridgehead atoms. The summed E-state index contributed by atoms with van der Waals surface area (Å²) in [4.78, 5) is 36.5. The van der Waals surface area contributed by atoms with E-state index in [1.807, 2.05) is 0 Å². The average Bonchev–Trinajstić information content (AvgIpc) is 2.59. The topological polar surface area (TPSA) is 116 Å². The minimum atomic E-state index is -1.56. The maximum atomic E-state index is 12.6. The van der Waals surface area contributed by atoms with Crippen LogP contribution < -0.4 is 5.73 Å². The zero-order chi connectivity index (χ0) is 17.5. The smallest absolute Gasteiger partial charge is 0.382 e. The zero-order valence-corrected chi connectivity index (χ0v) is 13.8. The van der Waals surface area contributed by atoms with Gasteiger partial charge in [0.05, 0.1) is 15.9 Å². The number of thioether (sulfide) groups is 1. The second-order valence-electron chi connectivity index (χ2n) is 6.21. The number of hydrogen-bond acceptors (Lipinski definition) is 7.